The first-order valence-electron chi connectivity index (χ1n) is 5.56. The number of rotatable bonds is 2. The van der Waals surface area contributed by atoms with Crippen LogP contribution in [0.4, 0.5) is 0 Å². The first kappa shape index (κ1) is 9.79. The molecule has 1 nitrogen and oxygen atoms in total. The summed E-state index contributed by atoms with van der Waals surface area (Å²) >= 11 is 5.93. The van der Waals surface area contributed by atoms with Gasteiger partial charge in [0.25, 0.3) is 0 Å². The standard InChI is InChI=1S/C11H20ClN/c1-2-13-6-5-11(9-13)4-3-10(7-11)8-12/h10H,2-9H2,1H3/t10-,11+/m0/s1. The van der Waals surface area contributed by atoms with E-state index in [0.29, 0.717) is 5.41 Å². The van der Waals surface area contributed by atoms with Crippen LogP contribution in [0.15, 0.2) is 0 Å². The van der Waals surface area contributed by atoms with Gasteiger partial charge in [0.1, 0.15) is 0 Å². The van der Waals surface area contributed by atoms with Gasteiger partial charge in [0.2, 0.25) is 0 Å². The van der Waals surface area contributed by atoms with E-state index in [-0.39, 0.29) is 0 Å². The van der Waals surface area contributed by atoms with Crippen LogP contribution in [-0.4, -0.2) is 30.4 Å². The van der Waals surface area contributed by atoms with Crippen molar-refractivity contribution >= 4 is 11.6 Å². The van der Waals surface area contributed by atoms with Gasteiger partial charge in [0.15, 0.2) is 0 Å². The van der Waals surface area contributed by atoms with Gasteiger partial charge < -0.3 is 4.90 Å². The van der Waals surface area contributed by atoms with Gasteiger partial charge in [-0.1, -0.05) is 6.92 Å². The molecule has 13 heavy (non-hydrogen) atoms. The molecular weight excluding hydrogens is 182 g/mol. The molecular formula is C11H20ClN. The van der Waals surface area contributed by atoms with Crippen molar-refractivity contribution in [2.24, 2.45) is 11.3 Å². The third-order valence-electron chi connectivity index (χ3n) is 3.99. The molecule has 0 aromatic carbocycles. The Bertz CT molecular complexity index is 161. The van der Waals surface area contributed by atoms with E-state index in [2.05, 4.69) is 11.8 Å². The average molecular weight is 202 g/mol. The number of nitrogens with zero attached hydrogens (tertiary/aromatic N) is 1. The van der Waals surface area contributed by atoms with Crippen molar-refractivity contribution in [3.8, 4) is 0 Å². The van der Waals surface area contributed by atoms with Gasteiger partial charge in [-0.2, -0.15) is 0 Å². The van der Waals surface area contributed by atoms with Gasteiger partial charge in [-0.3, -0.25) is 0 Å². The summed E-state index contributed by atoms with van der Waals surface area (Å²) in [7, 11) is 0. The highest BCUT2D eigenvalue weighted by Crippen LogP contribution is 2.48. The molecule has 1 spiro atoms. The van der Waals surface area contributed by atoms with E-state index >= 15 is 0 Å². The Labute approximate surface area is 86.4 Å². The fourth-order valence-corrected chi connectivity index (χ4v) is 3.39. The minimum Gasteiger partial charge on any atom is -0.303 e. The van der Waals surface area contributed by atoms with Crippen LogP contribution >= 0.6 is 11.6 Å². The lowest BCUT2D eigenvalue weighted by Crippen LogP contribution is -2.25. The number of hydrogen-bond acceptors (Lipinski definition) is 1. The van der Waals surface area contributed by atoms with Crippen molar-refractivity contribution < 1.29 is 0 Å². The van der Waals surface area contributed by atoms with E-state index in [1.807, 2.05) is 0 Å². The van der Waals surface area contributed by atoms with Crippen LogP contribution in [0.1, 0.15) is 32.6 Å². The minimum atomic E-state index is 0.676. The van der Waals surface area contributed by atoms with E-state index in [0.717, 1.165) is 11.8 Å². The van der Waals surface area contributed by atoms with Crippen LogP contribution < -0.4 is 0 Å². The van der Waals surface area contributed by atoms with Crippen LogP contribution in [0, 0.1) is 11.3 Å². The Morgan fingerprint density at radius 2 is 2.31 bits per heavy atom. The van der Waals surface area contributed by atoms with E-state index in [9.17, 15) is 0 Å². The van der Waals surface area contributed by atoms with Crippen molar-refractivity contribution in [3.05, 3.63) is 0 Å². The molecule has 76 valence electrons. The van der Waals surface area contributed by atoms with Crippen molar-refractivity contribution in [2.75, 3.05) is 25.5 Å². The van der Waals surface area contributed by atoms with Crippen molar-refractivity contribution in [2.45, 2.75) is 32.6 Å². The molecule has 0 unspecified atom stereocenters. The van der Waals surface area contributed by atoms with E-state index in [4.69, 9.17) is 11.6 Å². The van der Waals surface area contributed by atoms with Gasteiger partial charge in [-0.25, -0.2) is 0 Å². The smallest absolute Gasteiger partial charge is 0.0251 e. The minimum absolute atomic E-state index is 0.676. The lowest BCUT2D eigenvalue weighted by Gasteiger charge is -2.23. The zero-order valence-electron chi connectivity index (χ0n) is 8.56. The second kappa shape index (κ2) is 3.78. The molecule has 1 heterocycles. The fourth-order valence-electron chi connectivity index (χ4n) is 3.13. The predicted octanol–water partition coefficient (Wildman–Crippen LogP) is 2.74. The molecule has 0 amide bonds. The first-order valence-corrected chi connectivity index (χ1v) is 6.10. The largest absolute Gasteiger partial charge is 0.303 e. The third-order valence-corrected chi connectivity index (χ3v) is 4.42. The molecule has 0 N–H and O–H groups in total. The van der Waals surface area contributed by atoms with Crippen molar-refractivity contribution in [1.82, 2.24) is 4.90 Å². The maximum absolute atomic E-state index is 5.93. The topological polar surface area (TPSA) is 3.24 Å². The molecule has 2 aliphatic rings. The Hall–Kier alpha value is 0.250. The molecule has 0 bridgehead atoms. The highest BCUT2D eigenvalue weighted by atomic mass is 35.5. The number of likely N-dealkylation sites (tertiary alicyclic amines) is 1. The Kier molecular flexibility index (Phi) is 2.85. The quantitative estimate of drug-likeness (QED) is 0.622. The highest BCUT2D eigenvalue weighted by Gasteiger charge is 2.42. The lowest BCUT2D eigenvalue weighted by atomic mass is 9.85. The molecule has 1 saturated carbocycles. The van der Waals surface area contributed by atoms with Crippen molar-refractivity contribution in [3.63, 3.8) is 0 Å². The monoisotopic (exact) mass is 201 g/mol. The van der Waals surface area contributed by atoms with Crippen LogP contribution in [0.3, 0.4) is 0 Å². The fraction of sp³-hybridized carbons (Fsp3) is 1.00. The van der Waals surface area contributed by atoms with E-state index in [1.54, 1.807) is 0 Å². The van der Waals surface area contributed by atoms with Gasteiger partial charge in [-0.15, -0.1) is 11.6 Å². The Morgan fingerprint density at radius 3 is 2.85 bits per heavy atom. The number of halogens is 1. The molecule has 2 heteroatoms. The van der Waals surface area contributed by atoms with Gasteiger partial charge in [0.05, 0.1) is 0 Å². The zero-order valence-corrected chi connectivity index (χ0v) is 9.32. The Balaban J connectivity index is 1.93. The van der Waals surface area contributed by atoms with Crippen LogP contribution in [0.2, 0.25) is 0 Å². The normalized spacial score (nSPS) is 40.6. The SMILES string of the molecule is CCN1CC[C@@]2(CC[C@H](CCl)C2)C1. The molecule has 0 aromatic rings. The van der Waals surface area contributed by atoms with Crippen molar-refractivity contribution in [1.29, 1.82) is 0 Å². The molecule has 0 radical (unpaired) electrons. The van der Waals surface area contributed by atoms with Crippen LogP contribution in [0.25, 0.3) is 0 Å². The summed E-state index contributed by atoms with van der Waals surface area (Å²) in [5.74, 6) is 1.70. The zero-order chi connectivity index (χ0) is 9.31. The number of hydrogen-bond donors (Lipinski definition) is 0. The molecule has 2 fully saturated rings. The van der Waals surface area contributed by atoms with Gasteiger partial charge >= 0.3 is 0 Å². The molecule has 1 aliphatic carbocycles. The van der Waals surface area contributed by atoms with Crippen LogP contribution in [-0.2, 0) is 0 Å². The summed E-state index contributed by atoms with van der Waals surface area (Å²) in [6.45, 7) is 6.17. The number of alkyl halides is 1. The second-order valence-electron chi connectivity index (χ2n) is 4.88. The van der Waals surface area contributed by atoms with Crippen LogP contribution in [0.5, 0.6) is 0 Å². The first-order chi connectivity index (χ1) is 6.28. The third kappa shape index (κ3) is 1.87. The summed E-state index contributed by atoms with van der Waals surface area (Å²) in [6, 6.07) is 0. The summed E-state index contributed by atoms with van der Waals surface area (Å²) in [6.07, 6.45) is 5.63. The average Bonchev–Trinajstić information content (AvgIpc) is 2.74. The maximum Gasteiger partial charge on any atom is 0.0251 e. The van der Waals surface area contributed by atoms with Gasteiger partial charge in [-0.05, 0) is 50.1 Å². The lowest BCUT2D eigenvalue weighted by molar-refractivity contribution is 0.263. The second-order valence-corrected chi connectivity index (χ2v) is 5.19. The van der Waals surface area contributed by atoms with Gasteiger partial charge in [0, 0.05) is 12.4 Å². The summed E-state index contributed by atoms with van der Waals surface area (Å²) in [5.41, 5.74) is 0.676. The Morgan fingerprint density at radius 1 is 1.46 bits per heavy atom. The highest BCUT2D eigenvalue weighted by molar-refractivity contribution is 6.18. The molecule has 1 saturated heterocycles. The molecule has 2 rings (SSSR count). The summed E-state index contributed by atoms with van der Waals surface area (Å²) in [4.78, 5) is 2.59. The maximum atomic E-state index is 5.93. The van der Waals surface area contributed by atoms with E-state index < -0.39 is 0 Å². The van der Waals surface area contributed by atoms with E-state index in [1.165, 1.54) is 45.3 Å². The predicted molar refractivity (Wildman–Crippen MR) is 57.2 cm³/mol. The summed E-state index contributed by atoms with van der Waals surface area (Å²) < 4.78 is 0. The molecule has 1 aliphatic heterocycles. The molecule has 2 atom stereocenters. The summed E-state index contributed by atoms with van der Waals surface area (Å²) in [5, 5.41) is 0. The molecule has 0 aromatic heterocycles.